The Morgan fingerprint density at radius 1 is 1.32 bits per heavy atom. The van der Waals surface area contributed by atoms with Crippen LogP contribution in [0.4, 0.5) is 5.69 Å². The Labute approximate surface area is 130 Å². The molecule has 124 valence electrons. The quantitative estimate of drug-likeness (QED) is 0.562. The number of carbonyl (C=O) groups is 1. The number of aromatic carboxylic acids is 1. The SMILES string of the molecule is CCNS(=O)(=O)c1ccc(NCCCOCC)c(C(=O)O)c1. The van der Waals surface area contributed by atoms with Gasteiger partial charge in [-0.1, -0.05) is 6.92 Å². The zero-order chi connectivity index (χ0) is 16.6. The van der Waals surface area contributed by atoms with Gasteiger partial charge < -0.3 is 15.2 Å². The lowest BCUT2D eigenvalue weighted by molar-refractivity contribution is 0.0697. The van der Waals surface area contributed by atoms with Crippen molar-refractivity contribution in [2.45, 2.75) is 25.2 Å². The number of sulfonamides is 1. The average molecular weight is 330 g/mol. The molecule has 0 aromatic heterocycles. The van der Waals surface area contributed by atoms with Crippen LogP contribution in [0.3, 0.4) is 0 Å². The number of hydrogen-bond acceptors (Lipinski definition) is 5. The summed E-state index contributed by atoms with van der Waals surface area (Å²) in [7, 11) is -3.68. The van der Waals surface area contributed by atoms with Gasteiger partial charge in [0.15, 0.2) is 0 Å². The van der Waals surface area contributed by atoms with Crippen LogP contribution >= 0.6 is 0 Å². The standard InChI is InChI=1S/C14H22N2O5S/c1-3-16-22(19,20)11-6-7-13(12(10-11)14(17)18)15-8-5-9-21-4-2/h6-7,10,15-16H,3-5,8-9H2,1-2H3,(H,17,18). The summed E-state index contributed by atoms with van der Waals surface area (Å²) in [5, 5.41) is 12.2. The molecule has 0 unspecified atom stereocenters. The number of carboxylic acid groups (broad SMARTS) is 1. The second-order valence-corrected chi connectivity index (χ2v) is 6.26. The van der Waals surface area contributed by atoms with Crippen LogP contribution in [0.2, 0.25) is 0 Å². The molecule has 1 aromatic rings. The van der Waals surface area contributed by atoms with Crippen LogP contribution in [0.1, 0.15) is 30.6 Å². The summed E-state index contributed by atoms with van der Waals surface area (Å²) in [5.74, 6) is -1.18. The fourth-order valence-electron chi connectivity index (χ4n) is 1.84. The molecule has 8 heteroatoms. The Kier molecular flexibility index (Phi) is 7.30. The smallest absolute Gasteiger partial charge is 0.337 e. The highest BCUT2D eigenvalue weighted by molar-refractivity contribution is 7.89. The van der Waals surface area contributed by atoms with Crippen LogP contribution in [0.15, 0.2) is 23.1 Å². The maximum absolute atomic E-state index is 11.9. The van der Waals surface area contributed by atoms with Gasteiger partial charge in [-0.05, 0) is 31.5 Å². The first-order chi connectivity index (χ1) is 10.4. The second-order valence-electron chi connectivity index (χ2n) is 4.49. The molecule has 1 rings (SSSR count). The highest BCUT2D eigenvalue weighted by atomic mass is 32.2. The van der Waals surface area contributed by atoms with Crippen molar-refractivity contribution in [3.63, 3.8) is 0 Å². The summed E-state index contributed by atoms with van der Waals surface area (Å²) in [6.45, 7) is 5.56. The van der Waals surface area contributed by atoms with Crippen LogP contribution in [0, 0.1) is 0 Å². The van der Waals surface area contributed by atoms with E-state index >= 15 is 0 Å². The minimum atomic E-state index is -3.68. The third-order valence-corrected chi connectivity index (χ3v) is 4.39. The van der Waals surface area contributed by atoms with E-state index in [4.69, 9.17) is 4.74 Å². The third kappa shape index (κ3) is 5.28. The minimum Gasteiger partial charge on any atom is -0.478 e. The predicted octanol–water partition coefficient (Wildman–Crippen LogP) is 1.52. The minimum absolute atomic E-state index is 0.0633. The Bertz CT molecular complexity index is 601. The molecular formula is C14H22N2O5S. The maximum Gasteiger partial charge on any atom is 0.337 e. The van der Waals surface area contributed by atoms with Gasteiger partial charge >= 0.3 is 5.97 Å². The van der Waals surface area contributed by atoms with Crippen molar-refractivity contribution in [2.24, 2.45) is 0 Å². The molecule has 1 aromatic carbocycles. The summed E-state index contributed by atoms with van der Waals surface area (Å²) in [6.07, 6.45) is 0.727. The number of anilines is 1. The molecule has 22 heavy (non-hydrogen) atoms. The summed E-state index contributed by atoms with van der Waals surface area (Å²) in [6, 6.07) is 4.01. The number of benzene rings is 1. The molecule has 0 spiro atoms. The van der Waals surface area contributed by atoms with Gasteiger partial charge in [0.25, 0.3) is 0 Å². The zero-order valence-electron chi connectivity index (χ0n) is 12.8. The van der Waals surface area contributed by atoms with E-state index in [1.807, 2.05) is 6.92 Å². The van der Waals surface area contributed by atoms with Gasteiger partial charge in [-0.15, -0.1) is 0 Å². The Morgan fingerprint density at radius 2 is 2.05 bits per heavy atom. The molecule has 0 fully saturated rings. The lowest BCUT2D eigenvalue weighted by Gasteiger charge is -2.12. The fourth-order valence-corrected chi connectivity index (χ4v) is 2.90. The van der Waals surface area contributed by atoms with Crippen LogP contribution in [0.5, 0.6) is 0 Å². The first kappa shape index (κ1) is 18.4. The van der Waals surface area contributed by atoms with Crippen molar-refractivity contribution in [1.82, 2.24) is 4.72 Å². The van der Waals surface area contributed by atoms with Crippen LogP contribution < -0.4 is 10.0 Å². The molecule has 0 radical (unpaired) electrons. The monoisotopic (exact) mass is 330 g/mol. The summed E-state index contributed by atoms with van der Waals surface area (Å²) in [4.78, 5) is 11.3. The van der Waals surface area contributed by atoms with E-state index in [1.165, 1.54) is 12.1 Å². The molecule has 0 aliphatic carbocycles. The summed E-state index contributed by atoms with van der Waals surface area (Å²) >= 11 is 0. The molecular weight excluding hydrogens is 308 g/mol. The Morgan fingerprint density at radius 3 is 2.64 bits per heavy atom. The molecule has 7 nitrogen and oxygen atoms in total. The number of carboxylic acids is 1. The van der Waals surface area contributed by atoms with Gasteiger partial charge in [0.1, 0.15) is 0 Å². The zero-order valence-corrected chi connectivity index (χ0v) is 13.6. The first-order valence-corrected chi connectivity index (χ1v) is 8.59. The van der Waals surface area contributed by atoms with Crippen molar-refractivity contribution < 1.29 is 23.1 Å². The van der Waals surface area contributed by atoms with Gasteiger partial charge in [-0.3, -0.25) is 0 Å². The summed E-state index contributed by atoms with van der Waals surface area (Å²) in [5.41, 5.74) is 0.315. The van der Waals surface area contributed by atoms with Crippen molar-refractivity contribution in [3.8, 4) is 0 Å². The van der Waals surface area contributed by atoms with Gasteiger partial charge in [0.2, 0.25) is 10.0 Å². The third-order valence-electron chi connectivity index (χ3n) is 2.85. The number of hydrogen-bond donors (Lipinski definition) is 3. The molecule has 0 amide bonds. The highest BCUT2D eigenvalue weighted by Crippen LogP contribution is 2.20. The van der Waals surface area contributed by atoms with Crippen molar-refractivity contribution in [1.29, 1.82) is 0 Å². The first-order valence-electron chi connectivity index (χ1n) is 7.11. The van der Waals surface area contributed by atoms with E-state index in [2.05, 4.69) is 10.0 Å². The van der Waals surface area contributed by atoms with Crippen molar-refractivity contribution in [2.75, 3.05) is 31.6 Å². The van der Waals surface area contributed by atoms with Gasteiger partial charge in [-0.2, -0.15) is 0 Å². The largest absolute Gasteiger partial charge is 0.478 e. The Balaban J connectivity index is 2.89. The van der Waals surface area contributed by atoms with Gasteiger partial charge in [0.05, 0.1) is 10.5 Å². The van der Waals surface area contributed by atoms with E-state index in [9.17, 15) is 18.3 Å². The van der Waals surface area contributed by atoms with E-state index < -0.39 is 16.0 Å². The van der Waals surface area contributed by atoms with Gasteiger partial charge in [-0.25, -0.2) is 17.9 Å². The molecule has 0 aliphatic rings. The van der Waals surface area contributed by atoms with Crippen LogP contribution in [-0.4, -0.2) is 45.8 Å². The fraction of sp³-hybridized carbons (Fsp3) is 0.500. The molecule has 0 saturated heterocycles. The van der Waals surface area contributed by atoms with E-state index in [1.54, 1.807) is 6.92 Å². The van der Waals surface area contributed by atoms with E-state index in [-0.39, 0.29) is 17.0 Å². The van der Waals surface area contributed by atoms with E-state index in [0.29, 0.717) is 25.4 Å². The Hall–Kier alpha value is -1.64. The second kappa shape index (κ2) is 8.72. The molecule has 0 atom stereocenters. The molecule has 0 saturated carbocycles. The number of ether oxygens (including phenoxy) is 1. The van der Waals surface area contributed by atoms with Crippen LogP contribution in [0.25, 0.3) is 0 Å². The highest BCUT2D eigenvalue weighted by Gasteiger charge is 2.18. The molecule has 0 aliphatic heterocycles. The maximum atomic E-state index is 11.9. The van der Waals surface area contributed by atoms with Crippen molar-refractivity contribution >= 4 is 21.7 Å². The number of nitrogens with one attached hydrogen (secondary N) is 2. The topological polar surface area (TPSA) is 105 Å². The lowest BCUT2D eigenvalue weighted by atomic mass is 10.2. The number of rotatable bonds is 10. The normalized spacial score (nSPS) is 11.4. The molecule has 0 heterocycles. The molecule has 0 bridgehead atoms. The summed E-state index contributed by atoms with van der Waals surface area (Å²) < 4.78 is 31.3. The van der Waals surface area contributed by atoms with Gasteiger partial charge in [0, 0.05) is 32.0 Å². The predicted molar refractivity (Wildman–Crippen MR) is 83.9 cm³/mol. The molecule has 3 N–H and O–H groups in total. The van der Waals surface area contributed by atoms with Crippen molar-refractivity contribution in [3.05, 3.63) is 23.8 Å². The van der Waals surface area contributed by atoms with Crippen LogP contribution in [-0.2, 0) is 14.8 Å². The lowest BCUT2D eigenvalue weighted by Crippen LogP contribution is -2.23. The van der Waals surface area contributed by atoms with E-state index in [0.717, 1.165) is 12.5 Å². The average Bonchev–Trinajstić information content (AvgIpc) is 2.46.